The highest BCUT2D eigenvalue weighted by Gasteiger charge is 2.33. The van der Waals surface area contributed by atoms with Gasteiger partial charge in [-0.2, -0.15) is 0 Å². The number of benzene rings is 3. The van der Waals surface area contributed by atoms with Crippen molar-refractivity contribution in [3.63, 3.8) is 0 Å². The molecule has 1 fully saturated rings. The Morgan fingerprint density at radius 3 is 2.25 bits per heavy atom. The van der Waals surface area contributed by atoms with Gasteiger partial charge in [-0.15, -0.1) is 0 Å². The van der Waals surface area contributed by atoms with Gasteiger partial charge in [-0.3, -0.25) is 13.9 Å². The van der Waals surface area contributed by atoms with Crippen molar-refractivity contribution in [2.45, 2.75) is 56.1 Å². The number of anilines is 1. The van der Waals surface area contributed by atoms with Crippen molar-refractivity contribution in [2.75, 3.05) is 10.8 Å². The van der Waals surface area contributed by atoms with Crippen LogP contribution in [0.3, 0.4) is 0 Å². The van der Waals surface area contributed by atoms with Crippen molar-refractivity contribution in [1.82, 2.24) is 10.2 Å². The fraction of sp³-hybridized carbons (Fsp3) is 0.310. The second-order valence-electron chi connectivity index (χ2n) is 9.74. The van der Waals surface area contributed by atoms with E-state index >= 15 is 0 Å². The highest BCUT2D eigenvalue weighted by Crippen LogP contribution is 2.26. The van der Waals surface area contributed by atoms with E-state index in [0.29, 0.717) is 15.6 Å². The van der Waals surface area contributed by atoms with Gasteiger partial charge >= 0.3 is 0 Å². The van der Waals surface area contributed by atoms with Gasteiger partial charge in [0.15, 0.2) is 0 Å². The first-order chi connectivity index (χ1) is 19.1. The summed E-state index contributed by atoms with van der Waals surface area (Å²) in [5, 5.41) is 3.65. The maximum absolute atomic E-state index is 13.9. The number of hydrogen-bond donors (Lipinski definition) is 1. The molecule has 0 bridgehead atoms. The number of halogens is 3. The van der Waals surface area contributed by atoms with Crippen LogP contribution in [0.1, 0.15) is 38.2 Å². The third-order valence-electron chi connectivity index (χ3n) is 6.93. The fourth-order valence-electron chi connectivity index (χ4n) is 4.67. The molecule has 212 valence electrons. The average Bonchev–Trinajstić information content (AvgIpc) is 3.45. The standard InChI is InChI=1S/C29H30Cl2FN3O4S/c1-20(29(37)33-23-7-5-6-8-23)34(18-21-11-16-26(30)27(31)17-21)28(36)19-35(24-9-3-2-4-10-24)40(38,39)25-14-12-22(32)13-15-25/h2-4,9-17,20,23H,5-8,18-19H2,1H3,(H,33,37). The van der Waals surface area contributed by atoms with E-state index in [2.05, 4.69) is 5.32 Å². The molecule has 0 heterocycles. The Kier molecular flexibility index (Phi) is 9.71. The minimum Gasteiger partial charge on any atom is -0.352 e. The van der Waals surface area contributed by atoms with Crippen molar-refractivity contribution in [3.8, 4) is 0 Å². The number of nitrogens with one attached hydrogen (secondary N) is 1. The maximum atomic E-state index is 13.9. The number of para-hydroxylation sites is 1. The zero-order chi connectivity index (χ0) is 28.9. The van der Waals surface area contributed by atoms with Crippen molar-refractivity contribution in [3.05, 3.63) is 94.2 Å². The van der Waals surface area contributed by atoms with Crippen LogP contribution in [0.25, 0.3) is 0 Å². The summed E-state index contributed by atoms with van der Waals surface area (Å²) in [6, 6.07) is 16.6. The van der Waals surface area contributed by atoms with E-state index in [1.54, 1.807) is 55.5 Å². The van der Waals surface area contributed by atoms with E-state index < -0.39 is 34.3 Å². The average molecular weight is 607 g/mol. The topological polar surface area (TPSA) is 86.8 Å². The monoisotopic (exact) mass is 605 g/mol. The van der Waals surface area contributed by atoms with Gasteiger partial charge < -0.3 is 10.2 Å². The maximum Gasteiger partial charge on any atom is 0.264 e. The van der Waals surface area contributed by atoms with Crippen LogP contribution in [0, 0.1) is 5.82 Å². The summed E-state index contributed by atoms with van der Waals surface area (Å²) < 4.78 is 41.9. The Labute approximate surface area is 243 Å². The molecule has 3 aromatic rings. The molecule has 0 aliphatic heterocycles. The molecule has 1 aliphatic carbocycles. The second kappa shape index (κ2) is 13.0. The smallest absolute Gasteiger partial charge is 0.264 e. The second-order valence-corrected chi connectivity index (χ2v) is 12.4. The van der Waals surface area contributed by atoms with Crippen LogP contribution in [-0.4, -0.2) is 43.8 Å². The van der Waals surface area contributed by atoms with E-state index in [0.717, 1.165) is 54.3 Å². The molecule has 7 nitrogen and oxygen atoms in total. The molecule has 1 saturated carbocycles. The van der Waals surface area contributed by atoms with Gasteiger partial charge in [-0.05, 0) is 73.9 Å². The molecule has 1 unspecified atom stereocenters. The SMILES string of the molecule is CC(C(=O)NC1CCCC1)N(Cc1ccc(Cl)c(Cl)c1)C(=O)CN(c1ccccc1)S(=O)(=O)c1ccc(F)cc1. The molecule has 0 radical (unpaired) electrons. The summed E-state index contributed by atoms with van der Waals surface area (Å²) >= 11 is 12.3. The molecule has 2 amide bonds. The summed E-state index contributed by atoms with van der Waals surface area (Å²) in [4.78, 5) is 28.3. The van der Waals surface area contributed by atoms with Crippen LogP contribution in [0.15, 0.2) is 77.7 Å². The van der Waals surface area contributed by atoms with Crippen LogP contribution in [0.4, 0.5) is 10.1 Å². The minimum atomic E-state index is -4.27. The normalized spacial score (nSPS) is 14.5. The summed E-state index contributed by atoms with van der Waals surface area (Å²) in [5.41, 5.74) is 0.869. The van der Waals surface area contributed by atoms with Gasteiger partial charge in [-0.25, -0.2) is 12.8 Å². The van der Waals surface area contributed by atoms with Crippen molar-refractivity contribution >= 4 is 50.7 Å². The number of carbonyl (C=O) groups excluding carboxylic acids is 2. The third kappa shape index (κ3) is 7.13. The Bertz CT molecular complexity index is 1450. The quantitative estimate of drug-likeness (QED) is 0.316. The molecule has 1 atom stereocenters. The van der Waals surface area contributed by atoms with Gasteiger partial charge in [0.2, 0.25) is 11.8 Å². The van der Waals surface area contributed by atoms with Gasteiger partial charge in [0, 0.05) is 12.6 Å². The summed E-state index contributed by atoms with van der Waals surface area (Å²) in [7, 11) is -4.27. The lowest BCUT2D eigenvalue weighted by molar-refractivity contribution is -0.139. The van der Waals surface area contributed by atoms with Crippen LogP contribution in [-0.2, 0) is 26.2 Å². The third-order valence-corrected chi connectivity index (χ3v) is 9.46. The number of nitrogens with zero attached hydrogens (tertiary/aromatic N) is 2. The van der Waals surface area contributed by atoms with Crippen LogP contribution < -0.4 is 9.62 Å². The fourth-order valence-corrected chi connectivity index (χ4v) is 6.40. The Hall–Kier alpha value is -3.14. The van der Waals surface area contributed by atoms with Crippen molar-refractivity contribution < 1.29 is 22.4 Å². The number of sulfonamides is 1. The lowest BCUT2D eigenvalue weighted by Gasteiger charge is -2.32. The Morgan fingerprint density at radius 1 is 0.975 bits per heavy atom. The van der Waals surface area contributed by atoms with Gasteiger partial charge in [0.25, 0.3) is 10.0 Å². The minimum absolute atomic E-state index is 0.00575. The molecule has 40 heavy (non-hydrogen) atoms. The van der Waals surface area contributed by atoms with Crippen LogP contribution >= 0.6 is 23.2 Å². The molecule has 1 N–H and O–H groups in total. The number of amides is 2. The highest BCUT2D eigenvalue weighted by molar-refractivity contribution is 7.92. The Balaban J connectivity index is 1.67. The molecular formula is C29H30Cl2FN3O4S. The summed E-state index contributed by atoms with van der Waals surface area (Å²) in [5.74, 6) is -1.51. The van der Waals surface area contributed by atoms with Crippen LogP contribution in [0.2, 0.25) is 10.0 Å². The lowest BCUT2D eigenvalue weighted by Crippen LogP contribution is -2.52. The first-order valence-electron chi connectivity index (χ1n) is 12.9. The predicted molar refractivity (Wildman–Crippen MR) is 154 cm³/mol. The number of rotatable bonds is 10. The van der Waals surface area contributed by atoms with Crippen molar-refractivity contribution in [1.29, 1.82) is 0 Å². The lowest BCUT2D eigenvalue weighted by atomic mass is 10.1. The van der Waals surface area contributed by atoms with Gasteiger partial charge in [0.1, 0.15) is 18.4 Å². The molecule has 11 heteroatoms. The number of carbonyl (C=O) groups is 2. The van der Waals surface area contributed by atoms with E-state index in [1.807, 2.05) is 0 Å². The first kappa shape index (κ1) is 29.8. The summed E-state index contributed by atoms with van der Waals surface area (Å²) in [6.45, 7) is 1.02. The molecule has 0 saturated heterocycles. The van der Waals surface area contributed by atoms with E-state index in [1.165, 1.54) is 4.90 Å². The van der Waals surface area contributed by atoms with E-state index in [4.69, 9.17) is 23.2 Å². The zero-order valence-electron chi connectivity index (χ0n) is 21.9. The molecular weight excluding hydrogens is 576 g/mol. The van der Waals surface area contributed by atoms with E-state index in [-0.39, 0.29) is 29.1 Å². The molecule has 4 rings (SSSR count). The van der Waals surface area contributed by atoms with E-state index in [9.17, 15) is 22.4 Å². The van der Waals surface area contributed by atoms with Gasteiger partial charge in [-0.1, -0.05) is 60.3 Å². The summed E-state index contributed by atoms with van der Waals surface area (Å²) in [6.07, 6.45) is 3.80. The predicted octanol–water partition coefficient (Wildman–Crippen LogP) is 5.80. The molecule has 0 spiro atoms. The van der Waals surface area contributed by atoms with Gasteiger partial charge in [0.05, 0.1) is 20.6 Å². The highest BCUT2D eigenvalue weighted by atomic mass is 35.5. The Morgan fingerprint density at radius 2 is 1.62 bits per heavy atom. The molecule has 3 aromatic carbocycles. The van der Waals surface area contributed by atoms with Crippen molar-refractivity contribution in [2.24, 2.45) is 0 Å². The first-order valence-corrected chi connectivity index (χ1v) is 15.1. The zero-order valence-corrected chi connectivity index (χ0v) is 24.2. The molecule has 0 aromatic heterocycles. The largest absolute Gasteiger partial charge is 0.352 e. The number of hydrogen-bond acceptors (Lipinski definition) is 4. The molecule has 1 aliphatic rings. The van der Waals surface area contributed by atoms with Crippen LogP contribution in [0.5, 0.6) is 0 Å².